The van der Waals surface area contributed by atoms with Crippen molar-refractivity contribution in [1.29, 1.82) is 0 Å². The summed E-state index contributed by atoms with van der Waals surface area (Å²) in [6.07, 6.45) is 0. The molecule has 1 heterocycles. The summed E-state index contributed by atoms with van der Waals surface area (Å²) in [5.74, 6) is -0.0596. The second-order valence-corrected chi connectivity index (χ2v) is 2.80. The van der Waals surface area contributed by atoms with Crippen LogP contribution in [-0.4, -0.2) is 10.8 Å². The van der Waals surface area contributed by atoms with Crippen LogP contribution in [0.4, 0.5) is 0 Å². The van der Waals surface area contributed by atoms with E-state index in [0.29, 0.717) is 10.7 Å². The zero-order valence-electron chi connectivity index (χ0n) is 6.39. The third-order valence-electron chi connectivity index (χ3n) is 1.28. The van der Waals surface area contributed by atoms with Crippen molar-refractivity contribution >= 4 is 17.4 Å². The van der Waals surface area contributed by atoms with Gasteiger partial charge in [0.2, 0.25) is 0 Å². The van der Waals surface area contributed by atoms with Gasteiger partial charge in [0.05, 0.1) is 0 Å². The summed E-state index contributed by atoms with van der Waals surface area (Å²) in [6, 6.07) is 3.28. The van der Waals surface area contributed by atoms with Crippen LogP contribution in [0.25, 0.3) is 0 Å². The van der Waals surface area contributed by atoms with Gasteiger partial charge in [0.15, 0.2) is 5.78 Å². The van der Waals surface area contributed by atoms with Crippen LogP contribution < -0.4 is 0 Å². The van der Waals surface area contributed by atoms with Crippen molar-refractivity contribution in [3.05, 3.63) is 28.5 Å². The summed E-state index contributed by atoms with van der Waals surface area (Å²) in [5.41, 5.74) is 1.19. The lowest BCUT2D eigenvalue weighted by Gasteiger charge is -1.97. The van der Waals surface area contributed by atoms with E-state index in [4.69, 9.17) is 11.6 Å². The fourth-order valence-corrected chi connectivity index (χ4v) is 1.07. The molecule has 11 heavy (non-hydrogen) atoms. The molecule has 0 amide bonds. The van der Waals surface area contributed by atoms with Gasteiger partial charge in [-0.05, 0) is 19.1 Å². The van der Waals surface area contributed by atoms with Crippen molar-refractivity contribution in [1.82, 2.24) is 4.98 Å². The Labute approximate surface area is 70.2 Å². The number of ketones is 1. The number of hydrogen-bond acceptors (Lipinski definition) is 2. The maximum atomic E-state index is 10.8. The summed E-state index contributed by atoms with van der Waals surface area (Å²) in [6.45, 7) is 3.27. The molecule has 0 aliphatic heterocycles. The van der Waals surface area contributed by atoms with Gasteiger partial charge in [-0.1, -0.05) is 11.6 Å². The molecule has 0 fully saturated rings. The second kappa shape index (κ2) is 3.01. The predicted octanol–water partition coefficient (Wildman–Crippen LogP) is 2.25. The van der Waals surface area contributed by atoms with E-state index in [1.807, 2.05) is 0 Å². The largest absolute Gasteiger partial charge is 0.293 e. The van der Waals surface area contributed by atoms with Gasteiger partial charge in [-0.15, -0.1) is 0 Å². The lowest BCUT2D eigenvalue weighted by molar-refractivity contribution is 0.101. The maximum Gasteiger partial charge on any atom is 0.178 e. The van der Waals surface area contributed by atoms with Crippen LogP contribution in [-0.2, 0) is 0 Å². The minimum atomic E-state index is -0.0596. The van der Waals surface area contributed by atoms with Crippen LogP contribution in [0.3, 0.4) is 0 Å². The smallest absolute Gasteiger partial charge is 0.178 e. The minimum absolute atomic E-state index is 0.0596. The molecule has 58 valence electrons. The summed E-state index contributed by atoms with van der Waals surface area (Å²) in [4.78, 5) is 14.8. The summed E-state index contributed by atoms with van der Waals surface area (Å²) >= 11 is 5.70. The average Bonchev–Trinajstić information content (AvgIpc) is 1.85. The molecule has 0 bridgehead atoms. The first-order valence-corrected chi connectivity index (χ1v) is 3.62. The predicted molar refractivity (Wildman–Crippen MR) is 44.0 cm³/mol. The number of nitrogens with zero attached hydrogens (tertiary/aromatic N) is 1. The first-order valence-electron chi connectivity index (χ1n) is 3.25. The lowest BCUT2D eigenvalue weighted by Crippen LogP contribution is -1.97. The molecule has 0 atom stereocenters. The number of aryl methyl sites for hydroxylation is 1. The summed E-state index contributed by atoms with van der Waals surface area (Å²) < 4.78 is 0. The van der Waals surface area contributed by atoms with Crippen molar-refractivity contribution in [2.75, 3.05) is 0 Å². The Bertz CT molecular complexity index is 276. The minimum Gasteiger partial charge on any atom is -0.293 e. The number of hydrogen-bond donors (Lipinski definition) is 0. The molecule has 0 spiro atoms. The van der Waals surface area contributed by atoms with Gasteiger partial charge < -0.3 is 0 Å². The van der Waals surface area contributed by atoms with Crippen molar-refractivity contribution in [3.8, 4) is 0 Å². The number of rotatable bonds is 1. The molecule has 0 unspecified atom stereocenters. The molecule has 0 N–H and O–H groups in total. The molecule has 3 heteroatoms. The first-order chi connectivity index (χ1) is 5.09. The van der Waals surface area contributed by atoms with Gasteiger partial charge in [-0.2, -0.15) is 0 Å². The van der Waals surface area contributed by atoms with Crippen LogP contribution in [0.5, 0.6) is 0 Å². The molecule has 2 nitrogen and oxygen atoms in total. The number of pyridine rings is 1. The molecule has 0 radical (unpaired) electrons. The fraction of sp³-hybridized carbons (Fsp3) is 0.250. The van der Waals surface area contributed by atoms with Crippen molar-refractivity contribution < 1.29 is 4.79 Å². The standard InChI is InChI=1S/C8H8ClNO/c1-5-3-7(9)4-8(10-5)6(2)11/h3-4H,1-2H3. The van der Waals surface area contributed by atoms with Crippen LogP contribution in [0.2, 0.25) is 5.02 Å². The van der Waals surface area contributed by atoms with Gasteiger partial charge in [0.1, 0.15) is 5.69 Å². The van der Waals surface area contributed by atoms with E-state index >= 15 is 0 Å². The van der Waals surface area contributed by atoms with Crippen LogP contribution >= 0.6 is 11.6 Å². The Morgan fingerprint density at radius 1 is 1.55 bits per heavy atom. The molecule has 1 aromatic heterocycles. The fourth-order valence-electron chi connectivity index (χ4n) is 0.807. The van der Waals surface area contributed by atoms with Crippen molar-refractivity contribution in [2.24, 2.45) is 0 Å². The molecule has 0 aliphatic rings. The molecule has 0 saturated carbocycles. The highest BCUT2D eigenvalue weighted by molar-refractivity contribution is 6.30. The molecule has 0 saturated heterocycles. The highest BCUT2D eigenvalue weighted by Crippen LogP contribution is 2.11. The normalized spacial score (nSPS) is 9.73. The number of carbonyl (C=O) groups is 1. The molecule has 1 aromatic rings. The van der Waals surface area contributed by atoms with E-state index in [0.717, 1.165) is 5.69 Å². The number of halogens is 1. The van der Waals surface area contributed by atoms with Gasteiger partial charge >= 0.3 is 0 Å². The van der Waals surface area contributed by atoms with Crippen molar-refractivity contribution in [3.63, 3.8) is 0 Å². The molecule has 0 aliphatic carbocycles. The zero-order valence-corrected chi connectivity index (χ0v) is 7.14. The molecule has 0 aromatic carbocycles. The van der Waals surface area contributed by atoms with E-state index in [1.165, 1.54) is 6.92 Å². The Morgan fingerprint density at radius 3 is 2.64 bits per heavy atom. The highest BCUT2D eigenvalue weighted by Gasteiger charge is 2.02. The van der Waals surface area contributed by atoms with Crippen molar-refractivity contribution in [2.45, 2.75) is 13.8 Å². The Morgan fingerprint density at radius 2 is 2.18 bits per heavy atom. The molecular weight excluding hydrogens is 162 g/mol. The molecule has 1 rings (SSSR count). The number of carbonyl (C=O) groups excluding carboxylic acids is 1. The van der Waals surface area contributed by atoms with E-state index in [-0.39, 0.29) is 5.78 Å². The number of aromatic nitrogens is 1. The van der Waals surface area contributed by atoms with Gasteiger partial charge in [-0.3, -0.25) is 4.79 Å². The van der Waals surface area contributed by atoms with Gasteiger partial charge in [0.25, 0.3) is 0 Å². The van der Waals surface area contributed by atoms with Crippen LogP contribution in [0.1, 0.15) is 23.1 Å². The third-order valence-corrected chi connectivity index (χ3v) is 1.50. The average molecular weight is 170 g/mol. The quantitative estimate of drug-likeness (QED) is 0.604. The third kappa shape index (κ3) is 2.02. The monoisotopic (exact) mass is 169 g/mol. The second-order valence-electron chi connectivity index (χ2n) is 2.37. The van der Waals surface area contributed by atoms with Crippen LogP contribution in [0.15, 0.2) is 12.1 Å². The van der Waals surface area contributed by atoms with Gasteiger partial charge in [-0.25, -0.2) is 4.98 Å². The maximum absolute atomic E-state index is 10.8. The number of Topliss-reactive ketones (excluding diaryl/α,β-unsaturated/α-hetero) is 1. The first kappa shape index (κ1) is 8.21. The van der Waals surface area contributed by atoms with E-state index in [9.17, 15) is 4.79 Å². The van der Waals surface area contributed by atoms with E-state index in [2.05, 4.69) is 4.98 Å². The Hall–Kier alpha value is -0.890. The highest BCUT2D eigenvalue weighted by atomic mass is 35.5. The summed E-state index contributed by atoms with van der Waals surface area (Å²) in [5, 5.41) is 0.558. The Balaban J connectivity index is 3.19. The summed E-state index contributed by atoms with van der Waals surface area (Å²) in [7, 11) is 0. The van der Waals surface area contributed by atoms with E-state index < -0.39 is 0 Å². The Kier molecular flexibility index (Phi) is 2.25. The van der Waals surface area contributed by atoms with E-state index in [1.54, 1.807) is 19.1 Å². The lowest BCUT2D eigenvalue weighted by atomic mass is 10.2. The van der Waals surface area contributed by atoms with Gasteiger partial charge in [0, 0.05) is 17.6 Å². The zero-order chi connectivity index (χ0) is 8.43. The van der Waals surface area contributed by atoms with Crippen LogP contribution in [0, 0.1) is 6.92 Å². The topological polar surface area (TPSA) is 30.0 Å². The molecular formula is C8H8ClNO. The SMILES string of the molecule is CC(=O)c1cc(Cl)cc(C)n1.